The standard InChI is InChI=1S/C18H18N2O5S/c1-4-26-15-10-11(7-8-19-15)16(21)20-14-9-12(17(22)24-2)5-6-13(14)18(23)25-3/h5-10H,4H2,1-3H3,(H,20,21). The maximum atomic E-state index is 12.6. The highest BCUT2D eigenvalue weighted by Crippen LogP contribution is 2.22. The number of ether oxygens (including phenoxy) is 2. The maximum absolute atomic E-state index is 12.6. The predicted molar refractivity (Wildman–Crippen MR) is 97.7 cm³/mol. The molecule has 1 heterocycles. The van der Waals surface area contributed by atoms with Crippen LogP contribution in [0.5, 0.6) is 0 Å². The maximum Gasteiger partial charge on any atom is 0.339 e. The van der Waals surface area contributed by atoms with Gasteiger partial charge in [0, 0.05) is 11.8 Å². The number of thioether (sulfide) groups is 1. The summed E-state index contributed by atoms with van der Waals surface area (Å²) in [6.07, 6.45) is 1.54. The first-order chi connectivity index (χ1) is 12.5. The highest BCUT2D eigenvalue weighted by molar-refractivity contribution is 7.99. The summed E-state index contributed by atoms with van der Waals surface area (Å²) in [6.45, 7) is 1.99. The summed E-state index contributed by atoms with van der Waals surface area (Å²) in [5.74, 6) is -0.820. The van der Waals surface area contributed by atoms with Gasteiger partial charge in [-0.25, -0.2) is 14.6 Å². The van der Waals surface area contributed by atoms with E-state index in [0.717, 1.165) is 10.8 Å². The Bertz CT molecular complexity index is 838. The SMILES string of the molecule is CCSc1cc(C(=O)Nc2cc(C(=O)OC)ccc2C(=O)OC)ccn1. The van der Waals surface area contributed by atoms with E-state index in [9.17, 15) is 14.4 Å². The van der Waals surface area contributed by atoms with E-state index < -0.39 is 17.8 Å². The Balaban J connectivity index is 2.36. The fourth-order valence-electron chi connectivity index (χ4n) is 2.15. The molecule has 0 aliphatic heterocycles. The van der Waals surface area contributed by atoms with Crippen molar-refractivity contribution < 1.29 is 23.9 Å². The van der Waals surface area contributed by atoms with Gasteiger partial charge in [-0.15, -0.1) is 11.8 Å². The van der Waals surface area contributed by atoms with E-state index in [-0.39, 0.29) is 16.8 Å². The van der Waals surface area contributed by atoms with E-state index >= 15 is 0 Å². The minimum atomic E-state index is -0.631. The van der Waals surface area contributed by atoms with Crippen molar-refractivity contribution in [1.29, 1.82) is 0 Å². The summed E-state index contributed by atoms with van der Waals surface area (Å²) in [7, 11) is 2.48. The molecule has 0 saturated heterocycles. The van der Waals surface area contributed by atoms with Crippen LogP contribution in [0.2, 0.25) is 0 Å². The second-order valence-corrected chi connectivity index (χ2v) is 6.30. The smallest absolute Gasteiger partial charge is 0.339 e. The van der Waals surface area contributed by atoms with Crippen LogP contribution >= 0.6 is 11.8 Å². The first kappa shape index (κ1) is 19.5. The number of hydrogen-bond donors (Lipinski definition) is 1. The Hall–Kier alpha value is -2.87. The molecule has 2 aromatic rings. The summed E-state index contributed by atoms with van der Waals surface area (Å²) in [5, 5.41) is 3.37. The van der Waals surface area contributed by atoms with Crippen molar-refractivity contribution in [2.75, 3.05) is 25.3 Å². The van der Waals surface area contributed by atoms with Gasteiger partial charge in [0.2, 0.25) is 0 Å². The Morgan fingerprint density at radius 2 is 1.77 bits per heavy atom. The molecule has 7 nitrogen and oxygen atoms in total. The molecule has 1 amide bonds. The average Bonchev–Trinajstić information content (AvgIpc) is 2.67. The minimum Gasteiger partial charge on any atom is -0.465 e. The topological polar surface area (TPSA) is 94.6 Å². The predicted octanol–water partition coefficient (Wildman–Crippen LogP) is 3.02. The van der Waals surface area contributed by atoms with Crippen LogP contribution < -0.4 is 5.32 Å². The molecule has 0 unspecified atom stereocenters. The second kappa shape index (κ2) is 9.00. The van der Waals surface area contributed by atoms with Gasteiger partial charge >= 0.3 is 11.9 Å². The third kappa shape index (κ3) is 4.60. The number of anilines is 1. The third-order valence-corrected chi connectivity index (χ3v) is 4.19. The number of hydrogen-bond acceptors (Lipinski definition) is 7. The zero-order valence-corrected chi connectivity index (χ0v) is 15.4. The number of methoxy groups -OCH3 is 2. The van der Waals surface area contributed by atoms with Crippen LogP contribution in [-0.2, 0) is 9.47 Å². The highest BCUT2D eigenvalue weighted by atomic mass is 32.2. The Morgan fingerprint density at radius 1 is 1.04 bits per heavy atom. The number of rotatable bonds is 6. The van der Waals surface area contributed by atoms with E-state index in [1.165, 1.54) is 44.2 Å². The molecule has 0 aliphatic carbocycles. The van der Waals surface area contributed by atoms with Gasteiger partial charge in [0.25, 0.3) is 5.91 Å². The molecule has 8 heteroatoms. The lowest BCUT2D eigenvalue weighted by molar-refractivity contribution is 0.0587. The van der Waals surface area contributed by atoms with Crippen LogP contribution in [0, 0.1) is 0 Å². The molecule has 1 N–H and O–H groups in total. The molecular weight excluding hydrogens is 356 g/mol. The molecular formula is C18H18N2O5S. The highest BCUT2D eigenvalue weighted by Gasteiger charge is 2.18. The van der Waals surface area contributed by atoms with Gasteiger partial charge in [0.05, 0.1) is 36.1 Å². The van der Waals surface area contributed by atoms with Crippen LogP contribution in [0.1, 0.15) is 38.0 Å². The van der Waals surface area contributed by atoms with E-state index in [2.05, 4.69) is 15.0 Å². The van der Waals surface area contributed by atoms with Crippen LogP contribution in [0.25, 0.3) is 0 Å². The molecule has 0 spiro atoms. The van der Waals surface area contributed by atoms with Crippen molar-refractivity contribution in [3.63, 3.8) is 0 Å². The number of nitrogens with zero attached hydrogens (tertiary/aromatic N) is 1. The molecule has 0 fully saturated rings. The van der Waals surface area contributed by atoms with Crippen molar-refractivity contribution in [3.8, 4) is 0 Å². The molecule has 1 aromatic heterocycles. The fraction of sp³-hybridized carbons (Fsp3) is 0.222. The summed E-state index contributed by atoms with van der Waals surface area (Å²) in [4.78, 5) is 40.4. The fourth-order valence-corrected chi connectivity index (χ4v) is 2.79. The van der Waals surface area contributed by atoms with Crippen LogP contribution in [0.3, 0.4) is 0 Å². The third-order valence-electron chi connectivity index (χ3n) is 3.38. The lowest BCUT2D eigenvalue weighted by atomic mass is 10.1. The molecule has 0 radical (unpaired) electrons. The Labute approximate surface area is 155 Å². The molecule has 0 bridgehead atoms. The Kier molecular flexibility index (Phi) is 6.74. The monoisotopic (exact) mass is 374 g/mol. The summed E-state index contributed by atoms with van der Waals surface area (Å²) in [5.41, 5.74) is 0.875. The van der Waals surface area contributed by atoms with Crippen LogP contribution in [0.15, 0.2) is 41.6 Å². The van der Waals surface area contributed by atoms with E-state index in [4.69, 9.17) is 4.74 Å². The number of aromatic nitrogens is 1. The zero-order chi connectivity index (χ0) is 19.1. The summed E-state index contributed by atoms with van der Waals surface area (Å²) < 4.78 is 9.39. The zero-order valence-electron chi connectivity index (χ0n) is 14.6. The number of amides is 1. The summed E-state index contributed by atoms with van der Waals surface area (Å²) >= 11 is 1.51. The lowest BCUT2D eigenvalue weighted by Crippen LogP contribution is -2.16. The van der Waals surface area contributed by atoms with E-state index in [1.54, 1.807) is 18.3 Å². The van der Waals surface area contributed by atoms with Gasteiger partial charge in [0.15, 0.2) is 0 Å². The van der Waals surface area contributed by atoms with Gasteiger partial charge in [-0.3, -0.25) is 4.79 Å². The van der Waals surface area contributed by atoms with Crippen LogP contribution in [-0.4, -0.2) is 42.8 Å². The van der Waals surface area contributed by atoms with E-state index in [0.29, 0.717) is 5.56 Å². The number of carbonyl (C=O) groups is 3. The number of nitrogens with one attached hydrogen (secondary N) is 1. The number of pyridine rings is 1. The van der Waals surface area contributed by atoms with Crippen molar-refractivity contribution in [2.24, 2.45) is 0 Å². The van der Waals surface area contributed by atoms with Crippen molar-refractivity contribution in [1.82, 2.24) is 4.98 Å². The lowest BCUT2D eigenvalue weighted by Gasteiger charge is -2.12. The molecule has 0 atom stereocenters. The van der Waals surface area contributed by atoms with Crippen molar-refractivity contribution in [2.45, 2.75) is 11.9 Å². The molecule has 2 rings (SSSR count). The first-order valence-electron chi connectivity index (χ1n) is 7.71. The largest absolute Gasteiger partial charge is 0.465 e. The molecule has 0 aliphatic rings. The quantitative estimate of drug-likeness (QED) is 0.613. The second-order valence-electron chi connectivity index (χ2n) is 5.01. The van der Waals surface area contributed by atoms with Gasteiger partial charge in [-0.1, -0.05) is 6.92 Å². The van der Waals surface area contributed by atoms with Gasteiger partial charge < -0.3 is 14.8 Å². The normalized spacial score (nSPS) is 10.1. The molecule has 136 valence electrons. The number of esters is 2. The van der Waals surface area contributed by atoms with Crippen molar-refractivity contribution in [3.05, 3.63) is 53.2 Å². The first-order valence-corrected chi connectivity index (χ1v) is 8.69. The Morgan fingerprint density at radius 3 is 2.42 bits per heavy atom. The van der Waals surface area contributed by atoms with Crippen LogP contribution in [0.4, 0.5) is 5.69 Å². The molecule has 0 saturated carbocycles. The minimum absolute atomic E-state index is 0.130. The molecule has 1 aromatic carbocycles. The number of carbonyl (C=O) groups excluding carboxylic acids is 3. The van der Waals surface area contributed by atoms with Gasteiger partial charge in [0.1, 0.15) is 0 Å². The molecule has 26 heavy (non-hydrogen) atoms. The summed E-state index contributed by atoms with van der Waals surface area (Å²) in [6, 6.07) is 7.43. The van der Waals surface area contributed by atoms with Gasteiger partial charge in [-0.2, -0.15) is 0 Å². The van der Waals surface area contributed by atoms with E-state index in [1.807, 2.05) is 6.92 Å². The number of benzene rings is 1. The average molecular weight is 374 g/mol. The van der Waals surface area contributed by atoms with Crippen molar-refractivity contribution >= 4 is 35.3 Å². The van der Waals surface area contributed by atoms with Gasteiger partial charge in [-0.05, 0) is 36.1 Å².